The number of rotatable bonds is 9. The first kappa shape index (κ1) is 19.2. The van der Waals surface area contributed by atoms with Gasteiger partial charge in [0.2, 0.25) is 10.0 Å². The zero-order valence-corrected chi connectivity index (χ0v) is 13.0. The van der Waals surface area contributed by atoms with Gasteiger partial charge >= 0.3 is 0 Å². The molecule has 0 saturated carbocycles. The van der Waals surface area contributed by atoms with Gasteiger partial charge in [-0.15, -0.1) is 6.58 Å². The molecule has 1 aromatic carbocycles. The van der Waals surface area contributed by atoms with Crippen LogP contribution in [-0.4, -0.2) is 45.1 Å². The monoisotopic (exact) mass is 348 g/mol. The van der Waals surface area contributed by atoms with E-state index in [1.165, 1.54) is 24.3 Å². The average molecular weight is 348 g/mol. The average Bonchev–Trinajstić information content (AvgIpc) is 2.52. The molecule has 1 amide bonds. The molecule has 128 valence electrons. The van der Waals surface area contributed by atoms with E-state index in [1.54, 1.807) is 0 Å². The van der Waals surface area contributed by atoms with Crippen LogP contribution < -0.4 is 10.0 Å². The number of sulfonamides is 1. The third kappa shape index (κ3) is 5.70. The molecule has 0 heterocycles. The quantitative estimate of drug-likeness (QED) is 0.578. The molecular weight excluding hydrogens is 330 g/mol. The summed E-state index contributed by atoms with van der Waals surface area (Å²) in [6.07, 6.45) is -1.79. The number of alkyl halides is 2. The Hall–Kier alpha value is -1.84. The highest BCUT2D eigenvalue weighted by molar-refractivity contribution is 7.89. The van der Waals surface area contributed by atoms with Gasteiger partial charge in [-0.05, 0) is 24.6 Å². The molecule has 0 aliphatic rings. The van der Waals surface area contributed by atoms with Crippen molar-refractivity contribution in [3.8, 4) is 0 Å². The van der Waals surface area contributed by atoms with Crippen LogP contribution in [0, 0.1) is 0 Å². The Labute approximate surface area is 133 Å². The summed E-state index contributed by atoms with van der Waals surface area (Å²) in [6, 6.07) is 3.50. The minimum absolute atomic E-state index is 0.0166. The molecule has 0 aliphatic heterocycles. The second-order valence-corrected chi connectivity index (χ2v) is 6.36. The lowest BCUT2D eigenvalue weighted by Crippen LogP contribution is -2.40. The third-order valence-corrected chi connectivity index (χ3v) is 4.31. The molecule has 0 saturated heterocycles. The molecule has 0 spiro atoms. The molecule has 1 rings (SSSR count). The summed E-state index contributed by atoms with van der Waals surface area (Å²) in [5.41, 5.74) is -0.0740. The zero-order chi connectivity index (χ0) is 17.5. The van der Waals surface area contributed by atoms with Crippen LogP contribution in [0.1, 0.15) is 16.8 Å². The van der Waals surface area contributed by atoms with Crippen molar-refractivity contribution >= 4 is 15.9 Å². The van der Waals surface area contributed by atoms with E-state index in [1.807, 2.05) is 0 Å². The summed E-state index contributed by atoms with van der Waals surface area (Å²) in [5, 5.41) is 10.8. The van der Waals surface area contributed by atoms with Crippen molar-refractivity contribution in [2.24, 2.45) is 0 Å². The van der Waals surface area contributed by atoms with Crippen molar-refractivity contribution < 1.29 is 27.1 Å². The Morgan fingerprint density at radius 3 is 2.65 bits per heavy atom. The fraction of sp³-hybridized carbons (Fsp3) is 0.357. The van der Waals surface area contributed by atoms with Crippen LogP contribution in [0.2, 0.25) is 0 Å². The molecule has 6 nitrogen and oxygen atoms in total. The minimum Gasteiger partial charge on any atom is -0.396 e. The minimum atomic E-state index is -3.82. The van der Waals surface area contributed by atoms with Gasteiger partial charge in [0, 0.05) is 18.7 Å². The molecule has 0 aliphatic carbocycles. The van der Waals surface area contributed by atoms with E-state index in [9.17, 15) is 22.0 Å². The third-order valence-electron chi connectivity index (χ3n) is 2.88. The molecule has 1 unspecified atom stereocenters. The van der Waals surface area contributed by atoms with Crippen LogP contribution in [0.25, 0.3) is 0 Å². The maximum absolute atomic E-state index is 12.7. The summed E-state index contributed by atoms with van der Waals surface area (Å²) in [4.78, 5) is 11.8. The van der Waals surface area contributed by atoms with Gasteiger partial charge < -0.3 is 10.4 Å². The van der Waals surface area contributed by atoms with E-state index >= 15 is 0 Å². The van der Waals surface area contributed by atoms with Gasteiger partial charge in [0.25, 0.3) is 12.3 Å². The lowest BCUT2D eigenvalue weighted by Gasteiger charge is -2.17. The highest BCUT2D eigenvalue weighted by atomic mass is 32.2. The lowest BCUT2D eigenvalue weighted by atomic mass is 10.1. The lowest BCUT2D eigenvalue weighted by molar-refractivity contribution is 0.0676. The van der Waals surface area contributed by atoms with E-state index in [2.05, 4.69) is 16.6 Å². The second-order valence-electron chi connectivity index (χ2n) is 4.60. The number of amides is 1. The predicted molar refractivity (Wildman–Crippen MR) is 80.8 cm³/mol. The van der Waals surface area contributed by atoms with Gasteiger partial charge in [-0.2, -0.15) is 0 Å². The SMILES string of the molecule is C=CCNS(=O)(=O)c1cccc(C(=O)NC(CCO)C(F)F)c1. The standard InChI is InChI=1S/C14H18F2N2O4S/c1-2-7-17-23(21,22)11-5-3-4-10(9-11)14(20)18-12(6-8-19)13(15)16/h2-5,9,12-13,17,19H,1,6-8H2,(H,18,20). The predicted octanol–water partition coefficient (Wildman–Crippen LogP) is 0.897. The van der Waals surface area contributed by atoms with Crippen molar-refractivity contribution in [1.82, 2.24) is 10.0 Å². The Morgan fingerprint density at radius 2 is 2.09 bits per heavy atom. The van der Waals surface area contributed by atoms with Crippen molar-refractivity contribution in [3.63, 3.8) is 0 Å². The Morgan fingerprint density at radius 1 is 1.39 bits per heavy atom. The second kappa shape index (κ2) is 8.70. The molecule has 0 radical (unpaired) electrons. The smallest absolute Gasteiger partial charge is 0.258 e. The van der Waals surface area contributed by atoms with Crippen molar-refractivity contribution in [2.75, 3.05) is 13.2 Å². The number of hydrogen-bond donors (Lipinski definition) is 3. The largest absolute Gasteiger partial charge is 0.396 e. The van der Waals surface area contributed by atoms with Crippen LogP contribution in [0.3, 0.4) is 0 Å². The molecule has 23 heavy (non-hydrogen) atoms. The number of benzene rings is 1. The van der Waals surface area contributed by atoms with E-state index in [0.717, 1.165) is 6.07 Å². The van der Waals surface area contributed by atoms with Gasteiger partial charge in [-0.25, -0.2) is 21.9 Å². The van der Waals surface area contributed by atoms with Gasteiger partial charge in [0.05, 0.1) is 10.9 Å². The zero-order valence-electron chi connectivity index (χ0n) is 12.2. The van der Waals surface area contributed by atoms with Crippen LogP contribution in [0.4, 0.5) is 8.78 Å². The fourth-order valence-electron chi connectivity index (χ4n) is 1.71. The number of halogens is 2. The van der Waals surface area contributed by atoms with Crippen LogP contribution in [-0.2, 0) is 10.0 Å². The van der Waals surface area contributed by atoms with E-state index < -0.39 is 35.0 Å². The Bertz CT molecular complexity index is 650. The molecule has 0 fully saturated rings. The summed E-state index contributed by atoms with van der Waals surface area (Å²) < 4.78 is 51.6. The number of aliphatic hydroxyl groups is 1. The number of aliphatic hydroxyl groups excluding tert-OH is 1. The normalized spacial score (nSPS) is 12.9. The van der Waals surface area contributed by atoms with Crippen LogP contribution >= 0.6 is 0 Å². The van der Waals surface area contributed by atoms with Gasteiger partial charge in [-0.3, -0.25) is 4.79 Å². The van der Waals surface area contributed by atoms with E-state index in [4.69, 9.17) is 5.11 Å². The fourth-order valence-corrected chi connectivity index (χ4v) is 2.75. The Balaban J connectivity index is 2.95. The van der Waals surface area contributed by atoms with Gasteiger partial charge in [0.1, 0.15) is 0 Å². The van der Waals surface area contributed by atoms with Crippen LogP contribution in [0.5, 0.6) is 0 Å². The van der Waals surface area contributed by atoms with E-state index in [-0.39, 0.29) is 23.4 Å². The molecule has 3 N–H and O–H groups in total. The highest BCUT2D eigenvalue weighted by Crippen LogP contribution is 2.13. The van der Waals surface area contributed by atoms with Crippen molar-refractivity contribution in [2.45, 2.75) is 23.8 Å². The van der Waals surface area contributed by atoms with Gasteiger partial charge in [-0.1, -0.05) is 12.1 Å². The number of carbonyl (C=O) groups excluding carboxylic acids is 1. The molecular formula is C14H18F2N2O4S. The van der Waals surface area contributed by atoms with Crippen molar-refractivity contribution in [3.05, 3.63) is 42.5 Å². The first-order chi connectivity index (χ1) is 10.8. The number of carbonyl (C=O) groups is 1. The topological polar surface area (TPSA) is 95.5 Å². The Kier molecular flexibility index (Phi) is 7.27. The molecule has 9 heteroatoms. The molecule has 1 atom stereocenters. The maximum Gasteiger partial charge on any atom is 0.258 e. The summed E-state index contributed by atoms with van der Waals surface area (Å²) >= 11 is 0. The number of hydrogen-bond acceptors (Lipinski definition) is 4. The molecule has 0 bridgehead atoms. The highest BCUT2D eigenvalue weighted by Gasteiger charge is 2.23. The molecule has 1 aromatic rings. The maximum atomic E-state index is 12.7. The summed E-state index contributed by atoms with van der Waals surface area (Å²) in [5.74, 6) is -0.843. The number of nitrogens with one attached hydrogen (secondary N) is 2. The van der Waals surface area contributed by atoms with Crippen molar-refractivity contribution in [1.29, 1.82) is 0 Å². The van der Waals surface area contributed by atoms with Gasteiger partial charge in [0.15, 0.2) is 0 Å². The first-order valence-corrected chi connectivity index (χ1v) is 8.20. The van der Waals surface area contributed by atoms with Crippen LogP contribution in [0.15, 0.2) is 41.8 Å². The summed E-state index contributed by atoms with van der Waals surface area (Å²) in [7, 11) is -3.82. The van der Waals surface area contributed by atoms with E-state index in [0.29, 0.717) is 0 Å². The molecule has 0 aromatic heterocycles. The first-order valence-electron chi connectivity index (χ1n) is 6.72. The summed E-state index contributed by atoms with van der Waals surface area (Å²) in [6.45, 7) is 2.90.